The molecule has 2 heterocycles. The van der Waals surface area contributed by atoms with Gasteiger partial charge in [0.2, 0.25) is 0 Å². The van der Waals surface area contributed by atoms with Crippen molar-refractivity contribution in [2.75, 3.05) is 19.6 Å². The van der Waals surface area contributed by atoms with Crippen LogP contribution in [0.2, 0.25) is 0 Å². The molecule has 4 nitrogen and oxygen atoms in total. The fourth-order valence-corrected chi connectivity index (χ4v) is 4.57. The smallest absolute Gasteiger partial charge is 0.176 e. The van der Waals surface area contributed by atoms with Crippen LogP contribution in [0.3, 0.4) is 0 Å². The maximum absolute atomic E-state index is 13.4. The highest BCUT2D eigenvalue weighted by molar-refractivity contribution is 6.06. The minimum Gasteiger partial charge on any atom is -0.485 e. The van der Waals surface area contributed by atoms with E-state index in [1.807, 2.05) is 41.3 Å². The Balaban J connectivity index is 1.31. The lowest BCUT2D eigenvalue weighted by molar-refractivity contribution is -0.00691. The molecule has 0 N–H and O–H groups in total. The van der Waals surface area contributed by atoms with Gasteiger partial charge in [0.05, 0.1) is 18.5 Å². The van der Waals surface area contributed by atoms with Gasteiger partial charge in [0.25, 0.3) is 0 Å². The molecule has 5 rings (SSSR count). The van der Waals surface area contributed by atoms with Crippen LogP contribution in [0.4, 0.5) is 8.78 Å². The van der Waals surface area contributed by atoms with Crippen LogP contribution in [0, 0.1) is 11.6 Å². The highest BCUT2D eigenvalue weighted by Crippen LogP contribution is 2.42. The summed E-state index contributed by atoms with van der Waals surface area (Å²) in [5.41, 5.74) is 0.208. The van der Waals surface area contributed by atoms with Gasteiger partial charge in [-0.05, 0) is 29.7 Å². The zero-order valence-corrected chi connectivity index (χ0v) is 16.9. The number of ketones is 2. The van der Waals surface area contributed by atoms with E-state index in [9.17, 15) is 18.4 Å². The maximum Gasteiger partial charge on any atom is 0.176 e. The Morgan fingerprint density at radius 2 is 1.77 bits per heavy atom. The van der Waals surface area contributed by atoms with Crippen LogP contribution in [-0.4, -0.2) is 41.7 Å². The number of fused-ring (bicyclic) bond motifs is 3. The Hall–Kier alpha value is -3.12. The maximum atomic E-state index is 13.4. The molecule has 3 aromatic carbocycles. The summed E-state index contributed by atoms with van der Waals surface area (Å²) in [6, 6.07) is 14.8. The van der Waals surface area contributed by atoms with Crippen LogP contribution in [0.25, 0.3) is 10.8 Å². The predicted molar refractivity (Wildman–Crippen MR) is 113 cm³/mol. The zero-order valence-electron chi connectivity index (χ0n) is 16.9. The summed E-state index contributed by atoms with van der Waals surface area (Å²) in [7, 11) is 0. The number of carbonyl (C=O) groups excluding carboxylic acids is 2. The third-order valence-electron chi connectivity index (χ3n) is 6.36. The molecule has 0 saturated carbocycles. The van der Waals surface area contributed by atoms with E-state index in [1.54, 1.807) is 0 Å². The molecule has 1 saturated heterocycles. The molecular formula is C25H21F2NO3. The first kappa shape index (κ1) is 19.8. The fourth-order valence-electron chi connectivity index (χ4n) is 4.57. The van der Waals surface area contributed by atoms with Gasteiger partial charge in [0.15, 0.2) is 23.2 Å². The van der Waals surface area contributed by atoms with Crippen molar-refractivity contribution >= 4 is 22.3 Å². The van der Waals surface area contributed by atoms with E-state index in [4.69, 9.17) is 4.74 Å². The SMILES string of the molecule is O=C(CN1CCC2(CC1)CC(=O)c1ccc3ccccc3c1O2)c1ccc(F)c(F)c1. The minimum absolute atomic E-state index is 0.0818. The van der Waals surface area contributed by atoms with E-state index in [2.05, 4.69) is 0 Å². The van der Waals surface area contributed by atoms with Crippen molar-refractivity contribution in [2.24, 2.45) is 0 Å². The predicted octanol–water partition coefficient (Wildman–Crippen LogP) is 4.80. The van der Waals surface area contributed by atoms with Gasteiger partial charge in [-0.15, -0.1) is 0 Å². The molecule has 1 fully saturated rings. The number of benzene rings is 3. The summed E-state index contributed by atoms with van der Waals surface area (Å²) in [5, 5.41) is 1.96. The number of likely N-dealkylation sites (tertiary alicyclic amines) is 1. The lowest BCUT2D eigenvalue weighted by atomic mass is 9.81. The van der Waals surface area contributed by atoms with Gasteiger partial charge in [-0.1, -0.05) is 30.3 Å². The number of piperidine rings is 1. The molecule has 0 amide bonds. The molecular weight excluding hydrogens is 400 g/mol. The van der Waals surface area contributed by atoms with Crippen LogP contribution in [0.5, 0.6) is 5.75 Å². The highest BCUT2D eigenvalue weighted by Gasteiger charge is 2.43. The summed E-state index contributed by atoms with van der Waals surface area (Å²) in [4.78, 5) is 27.4. The number of Topliss-reactive ketones (excluding diaryl/α,β-unsaturated/α-hetero) is 2. The first-order valence-electron chi connectivity index (χ1n) is 10.4. The molecule has 3 aromatic rings. The summed E-state index contributed by atoms with van der Waals surface area (Å²) in [5.74, 6) is -1.52. The molecule has 0 aromatic heterocycles. The summed E-state index contributed by atoms with van der Waals surface area (Å²) in [6.07, 6.45) is 1.56. The number of carbonyl (C=O) groups is 2. The van der Waals surface area contributed by atoms with Crippen LogP contribution in [0.15, 0.2) is 54.6 Å². The van der Waals surface area contributed by atoms with E-state index < -0.39 is 17.2 Å². The number of hydrogen-bond donors (Lipinski definition) is 0. The highest BCUT2D eigenvalue weighted by atomic mass is 19.2. The average molecular weight is 421 g/mol. The number of ether oxygens (including phenoxy) is 1. The molecule has 0 unspecified atom stereocenters. The van der Waals surface area contributed by atoms with E-state index in [1.165, 1.54) is 6.07 Å². The molecule has 0 radical (unpaired) electrons. The molecule has 0 aliphatic carbocycles. The van der Waals surface area contributed by atoms with Crippen LogP contribution >= 0.6 is 0 Å². The summed E-state index contributed by atoms with van der Waals surface area (Å²) >= 11 is 0. The Morgan fingerprint density at radius 1 is 1.00 bits per heavy atom. The zero-order chi connectivity index (χ0) is 21.6. The van der Waals surface area contributed by atoms with Crippen molar-refractivity contribution in [3.63, 3.8) is 0 Å². The van der Waals surface area contributed by atoms with Crippen LogP contribution in [0.1, 0.15) is 40.0 Å². The number of hydrogen-bond acceptors (Lipinski definition) is 4. The molecule has 2 aliphatic rings. The lowest BCUT2D eigenvalue weighted by Gasteiger charge is -2.44. The van der Waals surface area contributed by atoms with Crippen LogP contribution < -0.4 is 4.74 Å². The van der Waals surface area contributed by atoms with Gasteiger partial charge in [-0.3, -0.25) is 14.5 Å². The topological polar surface area (TPSA) is 46.6 Å². The number of nitrogens with zero attached hydrogens (tertiary/aromatic N) is 1. The van der Waals surface area contributed by atoms with Gasteiger partial charge in [0, 0.05) is 36.9 Å². The van der Waals surface area contributed by atoms with Crippen LogP contribution in [-0.2, 0) is 0 Å². The molecule has 6 heteroatoms. The quantitative estimate of drug-likeness (QED) is 0.570. The minimum atomic E-state index is -1.02. The second-order valence-electron chi connectivity index (χ2n) is 8.38. The van der Waals surface area contributed by atoms with Crippen molar-refractivity contribution in [3.8, 4) is 5.75 Å². The Kier molecular flexibility index (Phi) is 4.82. The van der Waals surface area contributed by atoms with Crippen molar-refractivity contribution < 1.29 is 23.1 Å². The summed E-state index contributed by atoms with van der Waals surface area (Å²) < 4.78 is 33.0. The Bertz CT molecular complexity index is 1200. The third kappa shape index (κ3) is 3.61. The van der Waals surface area contributed by atoms with E-state index in [-0.39, 0.29) is 23.7 Å². The van der Waals surface area contributed by atoms with Crippen molar-refractivity contribution in [2.45, 2.75) is 24.9 Å². The standard InChI is InChI=1S/C25H21F2NO3/c26-20-8-6-17(13-21(20)27)23(30)15-28-11-9-25(10-12-28)14-22(29)19-7-5-16-3-1-2-4-18(16)24(19)31-25/h1-8,13H,9-12,14-15H2. The van der Waals surface area contributed by atoms with Gasteiger partial charge in [0.1, 0.15) is 11.4 Å². The van der Waals surface area contributed by atoms with Gasteiger partial charge in [-0.25, -0.2) is 8.78 Å². The largest absolute Gasteiger partial charge is 0.485 e. The normalized spacial score (nSPS) is 18.1. The molecule has 2 aliphatic heterocycles. The molecule has 158 valence electrons. The fraction of sp³-hybridized carbons (Fsp3) is 0.280. The first-order chi connectivity index (χ1) is 14.9. The van der Waals surface area contributed by atoms with Gasteiger partial charge >= 0.3 is 0 Å². The summed E-state index contributed by atoms with van der Waals surface area (Å²) in [6.45, 7) is 1.29. The Morgan fingerprint density at radius 3 is 2.55 bits per heavy atom. The Labute approximate surface area is 178 Å². The van der Waals surface area contributed by atoms with Gasteiger partial charge in [-0.2, -0.15) is 0 Å². The first-order valence-corrected chi connectivity index (χ1v) is 10.4. The van der Waals surface area contributed by atoms with Crippen molar-refractivity contribution in [1.82, 2.24) is 4.90 Å². The molecule has 0 bridgehead atoms. The molecule has 31 heavy (non-hydrogen) atoms. The number of rotatable bonds is 3. The van der Waals surface area contributed by atoms with Crippen molar-refractivity contribution in [3.05, 3.63) is 77.4 Å². The van der Waals surface area contributed by atoms with E-state index in [0.29, 0.717) is 43.7 Å². The molecule has 0 atom stereocenters. The second kappa shape index (κ2) is 7.54. The monoisotopic (exact) mass is 421 g/mol. The third-order valence-corrected chi connectivity index (χ3v) is 6.36. The van der Waals surface area contributed by atoms with Gasteiger partial charge < -0.3 is 4.74 Å². The van der Waals surface area contributed by atoms with E-state index in [0.717, 1.165) is 22.9 Å². The van der Waals surface area contributed by atoms with Crippen molar-refractivity contribution in [1.29, 1.82) is 0 Å². The second-order valence-corrected chi connectivity index (χ2v) is 8.38. The average Bonchev–Trinajstić information content (AvgIpc) is 2.77. The molecule has 1 spiro atoms. The van der Waals surface area contributed by atoms with E-state index >= 15 is 0 Å². The number of halogens is 2. The lowest BCUT2D eigenvalue weighted by Crippen LogP contribution is -2.51.